The van der Waals surface area contributed by atoms with Gasteiger partial charge in [-0.1, -0.05) is 19.1 Å². The third-order valence-corrected chi connectivity index (χ3v) is 4.09. The molecule has 0 fully saturated rings. The van der Waals surface area contributed by atoms with Gasteiger partial charge in [0.2, 0.25) is 0 Å². The first-order chi connectivity index (χ1) is 10.1. The molecule has 2 heterocycles. The van der Waals surface area contributed by atoms with E-state index in [9.17, 15) is 4.79 Å². The SMILES string of the molecule is C[C@@H]1Oc2c(C(=O)N(C)Cc3ccco3)cccc2[C@H]1C. The Morgan fingerprint density at radius 1 is 1.24 bits per heavy atom. The van der Waals surface area contributed by atoms with Crippen LogP contribution in [0.4, 0.5) is 0 Å². The lowest BCUT2D eigenvalue weighted by atomic mass is 9.96. The van der Waals surface area contributed by atoms with Gasteiger partial charge in [0.1, 0.15) is 17.6 Å². The second-order valence-corrected chi connectivity index (χ2v) is 5.58. The second-order valence-electron chi connectivity index (χ2n) is 5.58. The van der Waals surface area contributed by atoms with Gasteiger partial charge in [0, 0.05) is 18.5 Å². The van der Waals surface area contributed by atoms with Crippen LogP contribution in [0, 0.1) is 0 Å². The summed E-state index contributed by atoms with van der Waals surface area (Å²) in [6.45, 7) is 4.60. The van der Waals surface area contributed by atoms with Crippen LogP contribution >= 0.6 is 0 Å². The molecular formula is C17H19NO3. The molecule has 0 spiro atoms. The van der Waals surface area contributed by atoms with Crippen LogP contribution in [0.1, 0.15) is 41.4 Å². The molecule has 1 amide bonds. The third kappa shape index (κ3) is 2.42. The average Bonchev–Trinajstić information content (AvgIpc) is 3.07. The van der Waals surface area contributed by atoms with E-state index in [4.69, 9.17) is 9.15 Å². The quantitative estimate of drug-likeness (QED) is 0.867. The molecular weight excluding hydrogens is 266 g/mol. The van der Waals surface area contributed by atoms with Crippen LogP contribution in [0.15, 0.2) is 41.0 Å². The summed E-state index contributed by atoms with van der Waals surface area (Å²) < 4.78 is 11.2. The lowest BCUT2D eigenvalue weighted by molar-refractivity contribution is 0.0770. The van der Waals surface area contributed by atoms with Crippen molar-refractivity contribution in [1.29, 1.82) is 0 Å². The minimum Gasteiger partial charge on any atom is -0.489 e. The molecule has 0 bridgehead atoms. The molecule has 0 aliphatic carbocycles. The predicted octanol–water partition coefficient (Wildman–Crippen LogP) is 3.44. The Morgan fingerprint density at radius 3 is 2.76 bits per heavy atom. The highest BCUT2D eigenvalue weighted by molar-refractivity contribution is 5.97. The van der Waals surface area contributed by atoms with E-state index in [1.807, 2.05) is 37.3 Å². The van der Waals surface area contributed by atoms with Crippen molar-refractivity contribution in [3.05, 3.63) is 53.5 Å². The molecule has 2 aromatic rings. The highest BCUT2D eigenvalue weighted by Crippen LogP contribution is 2.40. The van der Waals surface area contributed by atoms with E-state index in [0.717, 1.165) is 17.1 Å². The summed E-state index contributed by atoms with van der Waals surface area (Å²) in [6.07, 6.45) is 1.71. The molecule has 4 nitrogen and oxygen atoms in total. The number of carbonyl (C=O) groups excluding carboxylic acids is 1. The van der Waals surface area contributed by atoms with Crippen molar-refractivity contribution in [2.24, 2.45) is 0 Å². The van der Waals surface area contributed by atoms with Crippen molar-refractivity contribution in [3.8, 4) is 5.75 Å². The van der Waals surface area contributed by atoms with Crippen molar-refractivity contribution in [2.75, 3.05) is 7.05 Å². The van der Waals surface area contributed by atoms with E-state index in [1.54, 1.807) is 18.2 Å². The van der Waals surface area contributed by atoms with Crippen LogP contribution in [-0.2, 0) is 6.54 Å². The van der Waals surface area contributed by atoms with Crippen LogP contribution in [0.2, 0.25) is 0 Å². The Hall–Kier alpha value is -2.23. The van der Waals surface area contributed by atoms with Gasteiger partial charge in [-0.15, -0.1) is 0 Å². The van der Waals surface area contributed by atoms with E-state index < -0.39 is 0 Å². The Kier molecular flexibility index (Phi) is 3.45. The van der Waals surface area contributed by atoms with Crippen molar-refractivity contribution < 1.29 is 13.9 Å². The third-order valence-electron chi connectivity index (χ3n) is 4.09. The van der Waals surface area contributed by atoms with E-state index in [0.29, 0.717) is 18.0 Å². The molecule has 2 atom stereocenters. The Morgan fingerprint density at radius 2 is 2.05 bits per heavy atom. The van der Waals surface area contributed by atoms with Crippen molar-refractivity contribution in [3.63, 3.8) is 0 Å². The van der Waals surface area contributed by atoms with Gasteiger partial charge in [0.25, 0.3) is 5.91 Å². The van der Waals surface area contributed by atoms with Gasteiger partial charge in [-0.05, 0) is 25.1 Å². The number of amides is 1. The highest BCUT2D eigenvalue weighted by atomic mass is 16.5. The maximum Gasteiger partial charge on any atom is 0.257 e. The fourth-order valence-electron chi connectivity index (χ4n) is 2.67. The first-order valence-corrected chi connectivity index (χ1v) is 7.15. The van der Waals surface area contributed by atoms with E-state index in [1.165, 1.54) is 0 Å². The summed E-state index contributed by atoms with van der Waals surface area (Å²) in [7, 11) is 1.77. The Bertz CT molecular complexity index is 648. The monoisotopic (exact) mass is 285 g/mol. The fraction of sp³-hybridized carbons (Fsp3) is 0.353. The molecule has 0 saturated carbocycles. The molecule has 4 heteroatoms. The van der Waals surface area contributed by atoms with Gasteiger partial charge in [-0.3, -0.25) is 4.79 Å². The molecule has 0 saturated heterocycles. The molecule has 21 heavy (non-hydrogen) atoms. The van der Waals surface area contributed by atoms with E-state index >= 15 is 0 Å². The number of para-hydroxylation sites is 1. The summed E-state index contributed by atoms with van der Waals surface area (Å²) in [6, 6.07) is 9.46. The van der Waals surface area contributed by atoms with Gasteiger partial charge in [-0.2, -0.15) is 0 Å². The molecule has 1 aliphatic heterocycles. The molecule has 110 valence electrons. The Balaban J connectivity index is 1.86. The lowest BCUT2D eigenvalue weighted by Crippen LogP contribution is -2.26. The fourth-order valence-corrected chi connectivity index (χ4v) is 2.67. The smallest absolute Gasteiger partial charge is 0.257 e. The summed E-state index contributed by atoms with van der Waals surface area (Å²) >= 11 is 0. The first-order valence-electron chi connectivity index (χ1n) is 7.15. The number of furan rings is 1. The second kappa shape index (κ2) is 5.28. The molecule has 1 aromatic carbocycles. The predicted molar refractivity (Wildman–Crippen MR) is 79.5 cm³/mol. The van der Waals surface area contributed by atoms with E-state index in [2.05, 4.69) is 6.92 Å². The van der Waals surface area contributed by atoms with Crippen LogP contribution in [0.5, 0.6) is 5.75 Å². The van der Waals surface area contributed by atoms with Crippen LogP contribution in [0.25, 0.3) is 0 Å². The molecule has 1 aliphatic rings. The van der Waals surface area contributed by atoms with E-state index in [-0.39, 0.29) is 12.0 Å². The first kappa shape index (κ1) is 13.7. The van der Waals surface area contributed by atoms with Gasteiger partial charge in [0.15, 0.2) is 0 Å². The standard InChI is InChI=1S/C17H19NO3/c1-11-12(2)21-16-14(11)7-4-8-15(16)17(19)18(3)10-13-6-5-9-20-13/h4-9,11-12H,10H2,1-3H3/t11-,12-/m0/s1. The molecule has 0 unspecified atom stereocenters. The summed E-state index contributed by atoms with van der Waals surface area (Å²) in [5, 5.41) is 0. The maximum atomic E-state index is 12.6. The number of hydrogen-bond donors (Lipinski definition) is 0. The maximum absolute atomic E-state index is 12.6. The largest absolute Gasteiger partial charge is 0.489 e. The van der Waals surface area contributed by atoms with Gasteiger partial charge >= 0.3 is 0 Å². The van der Waals surface area contributed by atoms with Gasteiger partial charge in [0.05, 0.1) is 18.4 Å². The average molecular weight is 285 g/mol. The highest BCUT2D eigenvalue weighted by Gasteiger charge is 2.31. The number of rotatable bonds is 3. The minimum atomic E-state index is -0.0513. The van der Waals surface area contributed by atoms with Crippen LogP contribution < -0.4 is 4.74 Å². The normalized spacial score (nSPS) is 20.0. The zero-order valence-corrected chi connectivity index (χ0v) is 12.5. The number of fused-ring (bicyclic) bond motifs is 1. The minimum absolute atomic E-state index is 0.0513. The Labute approximate surface area is 124 Å². The lowest BCUT2D eigenvalue weighted by Gasteiger charge is -2.17. The van der Waals surface area contributed by atoms with Crippen LogP contribution in [0.3, 0.4) is 0 Å². The summed E-state index contributed by atoms with van der Waals surface area (Å²) in [4.78, 5) is 14.3. The molecule has 0 N–H and O–H groups in total. The number of ether oxygens (including phenoxy) is 1. The molecule has 3 rings (SSSR count). The summed E-state index contributed by atoms with van der Waals surface area (Å²) in [5.41, 5.74) is 1.73. The van der Waals surface area contributed by atoms with Gasteiger partial charge in [-0.25, -0.2) is 0 Å². The number of nitrogens with zero attached hydrogens (tertiary/aromatic N) is 1. The van der Waals surface area contributed by atoms with Crippen molar-refractivity contribution in [1.82, 2.24) is 4.90 Å². The number of hydrogen-bond acceptors (Lipinski definition) is 3. The van der Waals surface area contributed by atoms with Crippen molar-refractivity contribution >= 4 is 5.91 Å². The number of carbonyl (C=O) groups is 1. The van der Waals surface area contributed by atoms with Crippen LogP contribution in [-0.4, -0.2) is 24.0 Å². The summed E-state index contributed by atoms with van der Waals surface area (Å²) in [5.74, 6) is 1.75. The number of benzene rings is 1. The van der Waals surface area contributed by atoms with Crippen molar-refractivity contribution in [2.45, 2.75) is 32.4 Å². The zero-order chi connectivity index (χ0) is 15.0. The van der Waals surface area contributed by atoms with Gasteiger partial charge < -0.3 is 14.1 Å². The zero-order valence-electron chi connectivity index (χ0n) is 12.5. The topological polar surface area (TPSA) is 42.7 Å². The molecule has 0 radical (unpaired) electrons. The molecule has 1 aromatic heterocycles.